The van der Waals surface area contributed by atoms with Crippen LogP contribution in [0.4, 0.5) is 4.79 Å². The van der Waals surface area contributed by atoms with E-state index < -0.39 is 31.7 Å². The second-order valence-corrected chi connectivity index (χ2v) is 16.7. The van der Waals surface area contributed by atoms with E-state index in [0.29, 0.717) is 34.3 Å². The average Bonchev–Trinajstić information content (AvgIpc) is 3.79. The van der Waals surface area contributed by atoms with Gasteiger partial charge in [0.05, 0.1) is 41.6 Å². The molecule has 2 heterocycles. The van der Waals surface area contributed by atoms with Crippen molar-refractivity contribution >= 4 is 47.9 Å². The van der Waals surface area contributed by atoms with Gasteiger partial charge in [0.15, 0.2) is 0 Å². The highest BCUT2D eigenvalue weighted by Gasteiger charge is 2.25. The number of rotatable bonds is 10. The van der Waals surface area contributed by atoms with Gasteiger partial charge in [-0.2, -0.15) is 0 Å². The van der Waals surface area contributed by atoms with E-state index in [1.54, 1.807) is 132 Å². The maximum absolute atomic E-state index is 13.1. The van der Waals surface area contributed by atoms with Gasteiger partial charge < -0.3 is 24.4 Å². The van der Waals surface area contributed by atoms with Gasteiger partial charge in [0.25, 0.3) is 20.0 Å². The van der Waals surface area contributed by atoms with Gasteiger partial charge in [-0.05, 0) is 88.5 Å². The summed E-state index contributed by atoms with van der Waals surface area (Å²) in [5, 5.41) is 4.64. The van der Waals surface area contributed by atoms with Crippen LogP contribution in [0.2, 0.25) is 0 Å². The minimum absolute atomic E-state index is 0.199. The lowest BCUT2D eigenvalue weighted by atomic mass is 10.1. The first-order valence-corrected chi connectivity index (χ1v) is 19.6. The van der Waals surface area contributed by atoms with E-state index in [9.17, 15) is 21.6 Å². The molecule has 12 nitrogen and oxygen atoms in total. The molecule has 1 amide bonds. The molecule has 0 atom stereocenters. The Bertz CT molecular complexity index is 2440. The third-order valence-corrected chi connectivity index (χ3v) is 11.7. The van der Waals surface area contributed by atoms with E-state index in [-0.39, 0.29) is 16.3 Å². The van der Waals surface area contributed by atoms with E-state index in [0.717, 1.165) is 16.7 Å². The van der Waals surface area contributed by atoms with Crippen LogP contribution in [0.1, 0.15) is 31.9 Å². The summed E-state index contributed by atoms with van der Waals surface area (Å²) in [5.41, 5.74) is 2.17. The van der Waals surface area contributed by atoms with Crippen LogP contribution in [-0.4, -0.2) is 69.7 Å². The second kappa shape index (κ2) is 15.7. The molecule has 0 aliphatic heterocycles. The van der Waals surface area contributed by atoms with Crippen molar-refractivity contribution < 1.29 is 35.8 Å². The first kappa shape index (κ1) is 38.9. The summed E-state index contributed by atoms with van der Waals surface area (Å²) in [6.45, 7) is 6.19. The molecule has 0 fully saturated rings. The Morgan fingerprint density at radius 3 is 1.53 bits per heavy atom. The zero-order chi connectivity index (χ0) is 38.6. The Labute approximate surface area is 310 Å². The zero-order valence-corrected chi connectivity index (χ0v) is 32.4. The molecule has 0 unspecified atom stereocenters. The van der Waals surface area contributed by atoms with Crippen molar-refractivity contribution in [2.45, 2.75) is 49.3 Å². The minimum Gasteiger partial charge on any atom is -0.496 e. The number of methoxy groups -OCH3 is 2. The number of nitrogens with one attached hydrogen (secondary N) is 1. The number of benzene rings is 4. The second-order valence-electron chi connectivity index (χ2n) is 13.1. The lowest BCUT2D eigenvalue weighted by molar-refractivity contribution is 0.0285. The van der Waals surface area contributed by atoms with E-state index in [1.807, 2.05) is 13.1 Å². The molecule has 1 N–H and O–H groups in total. The summed E-state index contributed by atoms with van der Waals surface area (Å²) < 4.78 is 70.8. The van der Waals surface area contributed by atoms with Crippen molar-refractivity contribution in [2.24, 2.45) is 0 Å². The molecular weight excluding hydrogens is 717 g/mol. The van der Waals surface area contributed by atoms with E-state index in [2.05, 4.69) is 5.32 Å². The van der Waals surface area contributed by atoms with Crippen molar-refractivity contribution in [2.75, 3.05) is 28.3 Å². The Kier molecular flexibility index (Phi) is 11.6. The Hall–Kier alpha value is -5.31. The molecule has 0 saturated carbocycles. The monoisotopic (exact) mass is 760 g/mol. The molecule has 0 bridgehead atoms. The van der Waals surface area contributed by atoms with E-state index in [4.69, 9.17) is 14.2 Å². The van der Waals surface area contributed by atoms with E-state index >= 15 is 0 Å². The van der Waals surface area contributed by atoms with Crippen molar-refractivity contribution in [1.82, 2.24) is 18.2 Å². The van der Waals surface area contributed by atoms with Crippen LogP contribution < -0.4 is 14.8 Å². The fraction of sp³-hybridized carbons (Fsp3) is 0.256. The number of nitrogens with zero attached hydrogens (tertiary/aromatic N) is 3. The number of fused-ring (bicyclic) bond motifs is 2. The normalized spacial score (nSPS) is 11.9. The number of hydrogen-bond acceptors (Lipinski definition) is 9. The van der Waals surface area contributed by atoms with Gasteiger partial charge in [0, 0.05) is 47.9 Å². The smallest absolute Gasteiger partial charge is 0.410 e. The summed E-state index contributed by atoms with van der Waals surface area (Å²) in [4.78, 5) is 14.3. The average molecular weight is 761 g/mol. The Morgan fingerprint density at radius 2 is 1.11 bits per heavy atom. The zero-order valence-electron chi connectivity index (χ0n) is 30.7. The van der Waals surface area contributed by atoms with Crippen molar-refractivity contribution in [3.8, 4) is 11.5 Å². The van der Waals surface area contributed by atoms with Crippen LogP contribution in [0.3, 0.4) is 0 Å². The van der Waals surface area contributed by atoms with Crippen LogP contribution in [0.25, 0.3) is 21.8 Å². The third-order valence-electron chi connectivity index (χ3n) is 8.30. The fourth-order valence-corrected chi connectivity index (χ4v) is 8.58. The predicted octanol–water partition coefficient (Wildman–Crippen LogP) is 6.86. The van der Waals surface area contributed by atoms with Crippen molar-refractivity contribution in [1.29, 1.82) is 0 Å². The van der Waals surface area contributed by atoms with Gasteiger partial charge >= 0.3 is 6.09 Å². The summed E-state index contributed by atoms with van der Waals surface area (Å²) in [5.74, 6) is 1.30. The van der Waals surface area contributed by atoms with Crippen molar-refractivity contribution in [3.05, 3.63) is 121 Å². The number of aromatic nitrogens is 2. The minimum atomic E-state index is -3.76. The lowest BCUT2D eigenvalue weighted by Crippen LogP contribution is -2.33. The molecule has 280 valence electrons. The molecule has 0 radical (unpaired) electrons. The molecule has 4 aromatic carbocycles. The van der Waals surface area contributed by atoms with Crippen LogP contribution in [0, 0.1) is 0 Å². The Morgan fingerprint density at radius 1 is 0.679 bits per heavy atom. The maximum atomic E-state index is 13.1. The Balaban J connectivity index is 0.000000211. The number of amides is 1. The number of carbonyl (C=O) groups excluding carboxylic acids is 1. The first-order valence-electron chi connectivity index (χ1n) is 16.7. The highest BCUT2D eigenvalue weighted by molar-refractivity contribution is 7.90. The largest absolute Gasteiger partial charge is 0.496 e. The van der Waals surface area contributed by atoms with Crippen LogP contribution >= 0.6 is 0 Å². The van der Waals surface area contributed by atoms with Gasteiger partial charge in [-0.1, -0.05) is 36.4 Å². The van der Waals surface area contributed by atoms with Crippen LogP contribution in [0.15, 0.2) is 119 Å². The maximum Gasteiger partial charge on any atom is 0.410 e. The highest BCUT2D eigenvalue weighted by Crippen LogP contribution is 2.33. The molecule has 0 spiro atoms. The molecule has 2 aromatic heterocycles. The standard InChI is InChI=1S/C22H26N2O5S.C17H18N2O3S/c1-22(2,3)29-21(25)23(4)15-18-17-13-14-24(19(17)11-12-20(18)28-5)30(26,27)16-9-7-6-8-10-16;1-18-12-15-14-10-11-19(16(14)8-9-17(15)22-2)23(20,21)13-6-4-3-5-7-13/h6-14H,15H2,1-5H3;3-11,18H,12H2,1-2H3. The lowest BCUT2D eigenvalue weighted by Gasteiger charge is -2.25. The van der Waals surface area contributed by atoms with Gasteiger partial charge in [0.2, 0.25) is 0 Å². The van der Waals surface area contributed by atoms with E-state index in [1.165, 1.54) is 26.2 Å². The van der Waals surface area contributed by atoms with Gasteiger partial charge in [0.1, 0.15) is 17.1 Å². The molecular formula is C39H44N4O8S2. The molecule has 53 heavy (non-hydrogen) atoms. The third kappa shape index (κ3) is 8.19. The molecule has 0 aliphatic carbocycles. The summed E-state index contributed by atoms with van der Waals surface area (Å²) in [6, 6.07) is 27.2. The van der Waals surface area contributed by atoms with Crippen LogP contribution in [0.5, 0.6) is 11.5 Å². The number of ether oxygens (including phenoxy) is 3. The van der Waals surface area contributed by atoms with Crippen LogP contribution in [-0.2, 0) is 37.9 Å². The highest BCUT2D eigenvalue weighted by atomic mass is 32.2. The number of carbonyl (C=O) groups is 1. The van der Waals surface area contributed by atoms with Gasteiger partial charge in [-0.3, -0.25) is 0 Å². The topological polar surface area (TPSA) is 138 Å². The van der Waals surface area contributed by atoms with Crippen molar-refractivity contribution in [3.63, 3.8) is 0 Å². The quantitative estimate of drug-likeness (QED) is 0.159. The van der Waals surface area contributed by atoms with Gasteiger partial charge in [-0.25, -0.2) is 29.6 Å². The summed E-state index contributed by atoms with van der Waals surface area (Å²) >= 11 is 0. The molecule has 6 aromatic rings. The number of hydrogen-bond donors (Lipinski definition) is 1. The summed E-state index contributed by atoms with van der Waals surface area (Å²) in [7, 11) is -0.756. The van der Waals surface area contributed by atoms with Gasteiger partial charge in [-0.15, -0.1) is 0 Å². The molecule has 6 rings (SSSR count). The molecule has 0 saturated heterocycles. The SMILES string of the molecule is CNCc1c(OC)ccc2c1ccn2S(=O)(=O)c1ccccc1.COc1ccc2c(ccn2S(=O)(=O)c2ccccc2)c1CN(C)C(=O)OC(C)(C)C. The first-order chi connectivity index (χ1) is 25.1. The summed E-state index contributed by atoms with van der Waals surface area (Å²) in [6.07, 6.45) is 2.63. The molecule has 0 aliphatic rings. The predicted molar refractivity (Wildman–Crippen MR) is 205 cm³/mol. The fourth-order valence-electron chi connectivity index (χ4n) is 5.84. The molecule has 14 heteroatoms.